The van der Waals surface area contributed by atoms with Crippen molar-refractivity contribution in [2.75, 3.05) is 11.3 Å². The van der Waals surface area contributed by atoms with Crippen LogP contribution in [0.1, 0.15) is 65.7 Å². The van der Waals surface area contributed by atoms with Crippen LogP contribution in [0.5, 0.6) is 0 Å². The number of imidazole rings is 1. The molecule has 2 heterocycles. The Hall–Kier alpha value is -4.01. The quantitative estimate of drug-likeness (QED) is 0.155. The van der Waals surface area contributed by atoms with Gasteiger partial charge in [-0.3, -0.25) is 4.72 Å². The minimum Gasteiger partial charge on any atom is -0.472 e. The van der Waals surface area contributed by atoms with E-state index in [4.69, 9.17) is 9.15 Å². The molecule has 5 rings (SSSR count). The molecule has 0 bridgehead atoms. The smallest absolute Gasteiger partial charge is 0.472 e. The summed E-state index contributed by atoms with van der Waals surface area (Å²) in [6, 6.07) is 5.77. The molecule has 230 valence electrons. The third-order valence-electron chi connectivity index (χ3n) is 7.10. The van der Waals surface area contributed by atoms with Crippen LogP contribution >= 0.6 is 0 Å². The van der Waals surface area contributed by atoms with E-state index >= 15 is 0 Å². The number of hydrogen-bond donors (Lipinski definition) is 1. The number of nitrogens with zero attached hydrogens (tertiary/aromatic N) is 2. The van der Waals surface area contributed by atoms with Crippen molar-refractivity contribution in [3.8, 4) is 22.3 Å². The molecular weight excluding hydrogens is 604 g/mol. The highest BCUT2D eigenvalue weighted by Crippen LogP contribution is 2.52. The third-order valence-corrected chi connectivity index (χ3v) is 8.20. The van der Waals surface area contributed by atoms with Crippen LogP contribution < -0.4 is 4.72 Å². The second-order valence-corrected chi connectivity index (χ2v) is 11.6. The van der Waals surface area contributed by atoms with Crippen molar-refractivity contribution in [3.63, 3.8) is 0 Å². The van der Waals surface area contributed by atoms with Crippen molar-refractivity contribution in [2.24, 2.45) is 0 Å². The number of ether oxygens (including phenoxy) is 1. The molecule has 8 nitrogen and oxygen atoms in total. The van der Waals surface area contributed by atoms with E-state index in [9.17, 15) is 39.6 Å². The number of aryl methyl sites for hydroxylation is 1. The third kappa shape index (κ3) is 5.57. The SMILES string of the molecule is CCOC(=O)c1c(C2CC2)nc(CC)n1Cc1c2ccocc-2c(C(F)(F)F)c1-c1ccccc1NS(=O)(=O)C(F)(F)F. The van der Waals surface area contributed by atoms with E-state index in [1.54, 1.807) is 13.8 Å². The van der Waals surface area contributed by atoms with Gasteiger partial charge in [-0.05, 0) is 43.0 Å². The normalized spacial score (nSPS) is 14.3. The van der Waals surface area contributed by atoms with Crippen molar-refractivity contribution in [1.29, 1.82) is 0 Å². The molecule has 15 heteroatoms. The summed E-state index contributed by atoms with van der Waals surface area (Å²) in [5, 5.41) is 0. The predicted molar refractivity (Wildman–Crippen MR) is 143 cm³/mol. The Morgan fingerprint density at radius 3 is 2.37 bits per heavy atom. The van der Waals surface area contributed by atoms with Crippen LogP contribution in [0.2, 0.25) is 0 Å². The average Bonchev–Trinajstić information content (AvgIpc) is 3.63. The van der Waals surface area contributed by atoms with Crippen LogP contribution in [0, 0.1) is 0 Å². The Morgan fingerprint density at radius 1 is 1.07 bits per heavy atom. The molecular formula is C28H25F6N3O5S. The summed E-state index contributed by atoms with van der Waals surface area (Å²) < 4.78 is 122. The number of carbonyl (C=O) groups is 1. The Kier molecular flexibility index (Phi) is 7.73. The fourth-order valence-corrected chi connectivity index (χ4v) is 5.75. The highest BCUT2D eigenvalue weighted by atomic mass is 32.2. The monoisotopic (exact) mass is 629 g/mol. The molecule has 0 unspecified atom stereocenters. The zero-order valence-corrected chi connectivity index (χ0v) is 23.6. The topological polar surface area (TPSA) is 103 Å². The van der Waals surface area contributed by atoms with Gasteiger partial charge in [0.05, 0.1) is 42.6 Å². The van der Waals surface area contributed by atoms with E-state index in [1.807, 2.05) is 0 Å². The first kappa shape index (κ1) is 30.4. The Labute approximate surface area is 242 Å². The highest BCUT2D eigenvalue weighted by Gasteiger charge is 2.47. The number of hydrogen-bond acceptors (Lipinski definition) is 6. The van der Waals surface area contributed by atoms with Gasteiger partial charge < -0.3 is 13.7 Å². The van der Waals surface area contributed by atoms with Crippen LogP contribution in [0.25, 0.3) is 22.3 Å². The maximum Gasteiger partial charge on any atom is 0.516 e. The summed E-state index contributed by atoms with van der Waals surface area (Å²) in [5.74, 6) is -0.340. The summed E-state index contributed by atoms with van der Waals surface area (Å²) in [4.78, 5) is 17.8. The standard InChI is InChI=1S/C28H25F6N3O5S/c1-3-21-35-24(15-9-10-15)25(26(38)42-4-2)37(21)13-18-16-11-12-41-14-19(16)23(27(29,30)31)22(18)17-7-5-6-8-20(17)36-43(39,40)28(32,33)34/h5-8,11-12,14-15,36H,3-4,9-10,13H2,1-2H3. The fourth-order valence-electron chi connectivity index (χ4n) is 5.17. The van der Waals surface area contributed by atoms with Gasteiger partial charge >= 0.3 is 27.7 Å². The number of rotatable bonds is 9. The molecule has 2 aliphatic carbocycles. The van der Waals surface area contributed by atoms with Crippen molar-refractivity contribution in [2.45, 2.75) is 57.3 Å². The van der Waals surface area contributed by atoms with Crippen LogP contribution in [-0.4, -0.2) is 36.1 Å². The molecule has 2 aromatic rings. The van der Waals surface area contributed by atoms with E-state index < -0.39 is 55.6 Å². The molecule has 0 saturated heterocycles. The summed E-state index contributed by atoms with van der Waals surface area (Å²) in [7, 11) is -5.99. The van der Waals surface area contributed by atoms with Crippen molar-refractivity contribution in [1.82, 2.24) is 9.55 Å². The molecule has 1 saturated carbocycles. The van der Waals surface area contributed by atoms with Gasteiger partial charge in [0.2, 0.25) is 0 Å². The predicted octanol–water partition coefficient (Wildman–Crippen LogP) is 7.19. The molecule has 1 aromatic carbocycles. The summed E-state index contributed by atoms with van der Waals surface area (Å²) in [5.41, 5.74) is -8.53. The number of sulfonamides is 1. The molecule has 43 heavy (non-hydrogen) atoms. The molecule has 1 N–H and O–H groups in total. The van der Waals surface area contributed by atoms with Gasteiger partial charge in [-0.2, -0.15) is 34.8 Å². The van der Waals surface area contributed by atoms with Gasteiger partial charge in [0.15, 0.2) is 5.69 Å². The van der Waals surface area contributed by atoms with Gasteiger partial charge in [-0.15, -0.1) is 0 Å². The number of alkyl halides is 6. The number of halogens is 6. The van der Waals surface area contributed by atoms with Crippen LogP contribution in [0.3, 0.4) is 0 Å². The van der Waals surface area contributed by atoms with Crippen LogP contribution in [0.15, 0.2) is 47.3 Å². The maximum absolute atomic E-state index is 14.8. The Morgan fingerprint density at radius 2 is 1.77 bits per heavy atom. The molecule has 0 amide bonds. The largest absolute Gasteiger partial charge is 0.516 e. The van der Waals surface area contributed by atoms with Gasteiger partial charge in [-0.25, -0.2) is 9.78 Å². The lowest BCUT2D eigenvalue weighted by atomic mass is 9.98. The van der Waals surface area contributed by atoms with Gasteiger partial charge in [0, 0.05) is 29.0 Å². The number of fused-ring (bicyclic) bond motifs is 1. The summed E-state index contributed by atoms with van der Waals surface area (Å²) >= 11 is 0. The number of esters is 1. The molecule has 1 aliphatic heterocycles. The zero-order valence-electron chi connectivity index (χ0n) is 22.8. The first-order chi connectivity index (χ1) is 20.2. The van der Waals surface area contributed by atoms with Crippen molar-refractivity contribution >= 4 is 21.7 Å². The zero-order chi connectivity index (χ0) is 31.3. The Balaban J connectivity index is 1.81. The van der Waals surface area contributed by atoms with Crippen LogP contribution in [0.4, 0.5) is 32.0 Å². The van der Waals surface area contributed by atoms with E-state index in [1.165, 1.54) is 27.5 Å². The molecule has 1 aromatic heterocycles. The van der Waals surface area contributed by atoms with Crippen molar-refractivity contribution < 1.29 is 48.7 Å². The lowest BCUT2D eigenvalue weighted by Crippen LogP contribution is -2.30. The summed E-state index contributed by atoms with van der Waals surface area (Å²) in [6.45, 7) is 3.04. The number of carbonyl (C=O) groups excluding carboxylic acids is 1. The number of anilines is 1. The molecule has 3 aliphatic rings. The maximum atomic E-state index is 14.8. The summed E-state index contributed by atoms with van der Waals surface area (Å²) in [6.07, 6.45) is -1.21. The number of aromatic nitrogens is 2. The highest BCUT2D eigenvalue weighted by molar-refractivity contribution is 7.93. The van der Waals surface area contributed by atoms with E-state index in [-0.39, 0.29) is 35.9 Å². The van der Waals surface area contributed by atoms with E-state index in [2.05, 4.69) is 4.98 Å². The molecule has 1 fully saturated rings. The van der Waals surface area contributed by atoms with E-state index in [0.717, 1.165) is 37.5 Å². The lowest BCUT2D eigenvalue weighted by molar-refractivity contribution is -0.136. The molecule has 0 spiro atoms. The Bertz CT molecular complexity index is 1750. The van der Waals surface area contributed by atoms with Gasteiger partial charge in [-0.1, -0.05) is 25.1 Å². The van der Waals surface area contributed by atoms with Gasteiger partial charge in [0.25, 0.3) is 0 Å². The lowest BCUT2D eigenvalue weighted by Gasteiger charge is -2.18. The molecule has 0 atom stereocenters. The number of nitrogens with one attached hydrogen (secondary N) is 1. The second kappa shape index (κ2) is 10.9. The minimum absolute atomic E-state index is 0.0242. The first-order valence-electron chi connectivity index (χ1n) is 13.2. The number of benzene rings is 1. The fraction of sp³-hybridized carbons (Fsp3) is 0.357. The number of para-hydroxylation sites is 1. The first-order valence-corrected chi connectivity index (χ1v) is 14.7. The average molecular weight is 630 g/mol. The second-order valence-electron chi connectivity index (χ2n) is 9.90. The van der Waals surface area contributed by atoms with Gasteiger partial charge in [0.1, 0.15) is 5.82 Å². The van der Waals surface area contributed by atoms with Crippen LogP contribution in [-0.2, 0) is 33.9 Å². The van der Waals surface area contributed by atoms with E-state index in [0.29, 0.717) is 17.9 Å². The van der Waals surface area contributed by atoms with Crippen molar-refractivity contribution in [3.05, 3.63) is 71.2 Å². The minimum atomic E-state index is -5.99. The molecule has 0 radical (unpaired) electrons.